The highest BCUT2D eigenvalue weighted by atomic mass is 32.2. The maximum Gasteiger partial charge on any atom is 0.410 e. The molecule has 0 N–H and O–H groups in total. The quantitative estimate of drug-likeness (QED) is 0.0287. The molecular formula is C71H75N3O4S2. The molecule has 0 unspecified atom stereocenters. The van der Waals surface area contributed by atoms with Crippen molar-refractivity contribution in [1.29, 1.82) is 0 Å². The van der Waals surface area contributed by atoms with Crippen molar-refractivity contribution in [2.75, 3.05) is 69.8 Å². The summed E-state index contributed by atoms with van der Waals surface area (Å²) in [7, 11) is 4.01. The molecule has 0 heterocycles. The molecule has 8 rings (SSSR count). The zero-order valence-corrected chi connectivity index (χ0v) is 48.5. The fraction of sp³-hybridized carbons (Fsp3) is 0.239. The van der Waals surface area contributed by atoms with E-state index in [1.54, 1.807) is 12.2 Å². The van der Waals surface area contributed by atoms with E-state index in [0.29, 0.717) is 32.0 Å². The highest BCUT2D eigenvalue weighted by Crippen LogP contribution is 2.50. The third kappa shape index (κ3) is 16.1. The molecule has 0 aliphatic rings. The molecule has 0 aliphatic heterocycles. The van der Waals surface area contributed by atoms with E-state index in [9.17, 15) is 9.59 Å². The fourth-order valence-corrected chi connectivity index (χ4v) is 12.9. The lowest BCUT2D eigenvalue weighted by atomic mass is 9.84. The highest BCUT2D eigenvalue weighted by Gasteiger charge is 2.38. The Labute approximate surface area is 484 Å². The van der Waals surface area contributed by atoms with E-state index in [1.165, 1.54) is 33.4 Å². The lowest BCUT2D eigenvalue weighted by molar-refractivity contribution is -0.110. The number of allylic oxidation sites excluding steroid dienone is 2. The third-order valence-electron chi connectivity index (χ3n) is 13.9. The number of hydrogen-bond donors (Lipinski definition) is 0. The van der Waals surface area contributed by atoms with Crippen molar-refractivity contribution >= 4 is 53.2 Å². The Kier molecular flexibility index (Phi) is 21.3. The fourth-order valence-electron chi connectivity index (χ4n) is 9.84. The van der Waals surface area contributed by atoms with Crippen LogP contribution in [0.15, 0.2) is 243 Å². The van der Waals surface area contributed by atoms with Gasteiger partial charge < -0.3 is 24.2 Å². The zero-order valence-electron chi connectivity index (χ0n) is 46.9. The number of hydrogen-bond acceptors (Lipinski definition) is 8. The molecule has 0 saturated carbocycles. The number of carbonyl (C=O) groups is 2. The van der Waals surface area contributed by atoms with E-state index in [1.807, 2.05) is 129 Å². The van der Waals surface area contributed by atoms with Gasteiger partial charge >= 0.3 is 6.09 Å². The Morgan fingerprint density at radius 1 is 0.450 bits per heavy atom. The van der Waals surface area contributed by atoms with Crippen molar-refractivity contribution < 1.29 is 19.1 Å². The number of benzene rings is 8. The van der Waals surface area contributed by atoms with Gasteiger partial charge in [0.25, 0.3) is 0 Å². The van der Waals surface area contributed by atoms with Crippen LogP contribution in [0.5, 0.6) is 5.75 Å². The van der Waals surface area contributed by atoms with Crippen molar-refractivity contribution in [2.45, 2.75) is 42.3 Å². The molecule has 9 heteroatoms. The van der Waals surface area contributed by atoms with Gasteiger partial charge in [0.1, 0.15) is 11.4 Å². The Balaban J connectivity index is 0.998. The van der Waals surface area contributed by atoms with Gasteiger partial charge in [-0.3, -0.25) is 4.79 Å². The summed E-state index contributed by atoms with van der Waals surface area (Å²) in [4.78, 5) is 33.6. The zero-order chi connectivity index (χ0) is 56.1. The second-order valence-electron chi connectivity index (χ2n) is 20.9. The van der Waals surface area contributed by atoms with E-state index in [-0.39, 0.29) is 11.9 Å². The van der Waals surface area contributed by atoms with Gasteiger partial charge in [0.2, 0.25) is 0 Å². The summed E-state index contributed by atoms with van der Waals surface area (Å²) in [6.45, 7) is 9.43. The first-order valence-corrected chi connectivity index (χ1v) is 29.6. The molecule has 0 fully saturated rings. The van der Waals surface area contributed by atoms with Crippen LogP contribution in [0.1, 0.15) is 71.7 Å². The predicted octanol–water partition coefficient (Wildman–Crippen LogP) is 15.8. The highest BCUT2D eigenvalue weighted by molar-refractivity contribution is 8.00. The van der Waals surface area contributed by atoms with E-state index in [4.69, 9.17) is 9.47 Å². The normalized spacial score (nSPS) is 12.0. The number of thioether (sulfide) groups is 2. The van der Waals surface area contributed by atoms with Crippen LogP contribution in [-0.2, 0) is 19.0 Å². The van der Waals surface area contributed by atoms with Gasteiger partial charge in [0.05, 0.1) is 16.1 Å². The summed E-state index contributed by atoms with van der Waals surface area (Å²) in [5.41, 5.74) is 9.53. The molecule has 1 amide bonds. The number of carbonyl (C=O) groups excluding carboxylic acids is 2. The molecule has 0 radical (unpaired) electrons. The van der Waals surface area contributed by atoms with E-state index < -0.39 is 15.1 Å². The Bertz CT molecular complexity index is 2980. The molecule has 7 nitrogen and oxygen atoms in total. The van der Waals surface area contributed by atoms with Crippen LogP contribution < -0.4 is 9.64 Å². The minimum absolute atomic E-state index is 0.0832. The summed E-state index contributed by atoms with van der Waals surface area (Å²) in [5, 5.41) is 0. The van der Waals surface area contributed by atoms with Crippen LogP contribution in [0.4, 0.5) is 10.5 Å². The molecule has 8 aromatic carbocycles. The van der Waals surface area contributed by atoms with Gasteiger partial charge in [-0.2, -0.15) is 0 Å². The first-order valence-electron chi connectivity index (χ1n) is 27.6. The number of anilines is 1. The van der Waals surface area contributed by atoms with Crippen molar-refractivity contribution in [2.24, 2.45) is 0 Å². The summed E-state index contributed by atoms with van der Waals surface area (Å²) in [6, 6.07) is 80.6. The average Bonchev–Trinajstić information content (AvgIpc) is 3.49. The number of ketones is 1. The summed E-state index contributed by atoms with van der Waals surface area (Å²) in [5.74, 6) is 2.15. The van der Waals surface area contributed by atoms with E-state index in [2.05, 4.69) is 187 Å². The maximum absolute atomic E-state index is 14.4. The maximum atomic E-state index is 14.4. The molecule has 80 heavy (non-hydrogen) atoms. The van der Waals surface area contributed by atoms with Crippen LogP contribution >= 0.6 is 23.5 Å². The first-order chi connectivity index (χ1) is 38.9. The molecule has 0 aliphatic carbocycles. The van der Waals surface area contributed by atoms with Crippen LogP contribution in [0.2, 0.25) is 0 Å². The molecule has 0 saturated heterocycles. The number of ether oxygens (including phenoxy) is 2. The Hall–Kier alpha value is -7.56. The molecule has 8 aromatic rings. The largest absolute Gasteiger partial charge is 0.494 e. The number of rotatable bonds is 27. The minimum atomic E-state index is -0.670. The summed E-state index contributed by atoms with van der Waals surface area (Å²) < 4.78 is 11.5. The van der Waals surface area contributed by atoms with Crippen LogP contribution in [0.3, 0.4) is 0 Å². The molecule has 410 valence electrons. The smallest absolute Gasteiger partial charge is 0.410 e. The number of amides is 1. The van der Waals surface area contributed by atoms with Crippen LogP contribution in [0, 0.1) is 0 Å². The van der Waals surface area contributed by atoms with Crippen LogP contribution in [0.25, 0.3) is 12.2 Å². The van der Waals surface area contributed by atoms with E-state index in [0.717, 1.165) is 47.8 Å². The van der Waals surface area contributed by atoms with Gasteiger partial charge in [-0.1, -0.05) is 218 Å². The van der Waals surface area contributed by atoms with Crippen molar-refractivity contribution in [3.05, 3.63) is 287 Å². The molecule has 0 atom stereocenters. The van der Waals surface area contributed by atoms with Crippen molar-refractivity contribution in [1.82, 2.24) is 9.80 Å². The van der Waals surface area contributed by atoms with Gasteiger partial charge in [-0.25, -0.2) is 4.79 Å². The average molecular weight is 1100 g/mol. The summed E-state index contributed by atoms with van der Waals surface area (Å²) >= 11 is 3.80. The second kappa shape index (κ2) is 29.1. The first kappa shape index (κ1) is 58.6. The van der Waals surface area contributed by atoms with Crippen molar-refractivity contribution in [3.63, 3.8) is 0 Å². The second-order valence-corrected chi connectivity index (χ2v) is 23.5. The van der Waals surface area contributed by atoms with Gasteiger partial charge in [0, 0.05) is 64.0 Å². The third-order valence-corrected chi connectivity index (χ3v) is 16.9. The standard InChI is InChI=1S/C71H75N3O4S2/c1-69(2,3)78-68(76)74(53-56-80-71(62-31-18-9-19-32-62,63-33-20-10-21-34-63)64-35-22-11-23-36-64)51-50-73(52-55-79-70(59-25-12-6-13-26-59,60-27-14-7-15-28-60)61-29-16-8-17-30-61)49-24-54-77-67-47-41-58(42-48-67)40-46-66(75)45-39-57-37-43-65(44-38-57)72(4)5/h6-23,25-48H,24,49-56H2,1-5H3/b45-39+,46-40+. The Morgan fingerprint density at radius 3 is 1.20 bits per heavy atom. The molecule has 0 aromatic heterocycles. The van der Waals surface area contributed by atoms with Gasteiger partial charge in [-0.15, -0.1) is 23.5 Å². The number of nitrogens with zero attached hydrogens (tertiary/aromatic N) is 3. The Morgan fingerprint density at radius 2 is 0.825 bits per heavy atom. The van der Waals surface area contributed by atoms with Gasteiger partial charge in [-0.05, 0) is 108 Å². The molecular weight excluding hydrogens is 1020 g/mol. The minimum Gasteiger partial charge on any atom is -0.494 e. The van der Waals surface area contributed by atoms with Gasteiger partial charge in [0.15, 0.2) is 5.78 Å². The predicted molar refractivity (Wildman–Crippen MR) is 338 cm³/mol. The van der Waals surface area contributed by atoms with Crippen molar-refractivity contribution in [3.8, 4) is 5.75 Å². The molecule has 0 bridgehead atoms. The lowest BCUT2D eigenvalue weighted by Crippen LogP contribution is -2.43. The SMILES string of the molecule is CN(C)c1ccc(/C=C/C(=O)/C=C/c2ccc(OCCCN(CCSC(c3ccccc3)(c3ccccc3)c3ccccc3)CCN(CCSC(c3ccccc3)(c3ccccc3)c3ccccc3)C(=O)OC(C)(C)C)cc2)cc1. The van der Waals surface area contributed by atoms with Crippen LogP contribution in [-0.4, -0.2) is 92.2 Å². The topological polar surface area (TPSA) is 62.3 Å². The van der Waals surface area contributed by atoms with E-state index >= 15 is 0 Å². The lowest BCUT2D eigenvalue weighted by Gasteiger charge is -2.37. The monoisotopic (exact) mass is 1100 g/mol. The molecule has 0 spiro atoms. The summed E-state index contributed by atoms with van der Waals surface area (Å²) in [6.07, 6.45) is 7.30.